The highest BCUT2D eigenvalue weighted by molar-refractivity contribution is 6.30. The number of imide groups is 1. The van der Waals surface area contributed by atoms with Crippen LogP contribution in [0.1, 0.15) is 26.7 Å². The molecule has 27 heavy (non-hydrogen) atoms. The van der Waals surface area contributed by atoms with Crippen molar-refractivity contribution in [2.45, 2.75) is 44.8 Å². The summed E-state index contributed by atoms with van der Waals surface area (Å²) in [5.74, 6) is -0.329. The number of nitrogens with zero attached hydrogens (tertiary/aromatic N) is 2. The van der Waals surface area contributed by atoms with Crippen LogP contribution in [0.3, 0.4) is 0 Å². The van der Waals surface area contributed by atoms with Gasteiger partial charge in [-0.1, -0.05) is 11.6 Å². The molecule has 0 radical (unpaired) electrons. The van der Waals surface area contributed by atoms with Crippen molar-refractivity contribution in [2.75, 3.05) is 18.0 Å². The second-order valence-electron chi connectivity index (χ2n) is 6.76. The summed E-state index contributed by atoms with van der Waals surface area (Å²) in [6.45, 7) is 5.49. The first-order chi connectivity index (χ1) is 12.4. The maximum Gasteiger partial charge on any atom is 0.329 e. The lowest BCUT2D eigenvalue weighted by Crippen LogP contribution is -2.57. The fourth-order valence-electron chi connectivity index (χ4n) is 3.38. The molecule has 0 bridgehead atoms. The first-order valence-corrected chi connectivity index (χ1v) is 9.19. The van der Waals surface area contributed by atoms with Crippen molar-refractivity contribution in [1.82, 2.24) is 15.5 Å². The lowest BCUT2D eigenvalue weighted by atomic mass is 10.0. The largest absolute Gasteiger partial charge is 0.337 e. The van der Waals surface area contributed by atoms with Gasteiger partial charge in [0.1, 0.15) is 6.04 Å². The number of amides is 4. The Morgan fingerprint density at radius 1 is 1.22 bits per heavy atom. The second kappa shape index (κ2) is 8.91. The molecule has 2 N–H and O–H groups in total. The molecule has 2 fully saturated rings. The summed E-state index contributed by atoms with van der Waals surface area (Å²) in [5, 5.41) is 6.53. The van der Waals surface area contributed by atoms with Gasteiger partial charge in [-0.3, -0.25) is 9.59 Å². The fourth-order valence-corrected chi connectivity index (χ4v) is 3.51. The minimum absolute atomic E-state index is 0. The highest BCUT2D eigenvalue weighted by atomic mass is 35.5. The number of halogens is 2. The van der Waals surface area contributed by atoms with E-state index in [0.29, 0.717) is 23.7 Å². The summed E-state index contributed by atoms with van der Waals surface area (Å²) in [4.78, 5) is 40.2. The van der Waals surface area contributed by atoms with E-state index in [4.69, 9.17) is 11.6 Å². The summed E-state index contributed by atoms with van der Waals surface area (Å²) in [6.07, 6.45) is 0.515. The van der Waals surface area contributed by atoms with Crippen LogP contribution in [0.5, 0.6) is 0 Å². The Bertz CT molecular complexity index is 713. The molecule has 1 aromatic carbocycles. The van der Waals surface area contributed by atoms with Crippen LogP contribution in [0.2, 0.25) is 5.02 Å². The van der Waals surface area contributed by atoms with Crippen molar-refractivity contribution in [2.24, 2.45) is 0 Å². The Morgan fingerprint density at radius 3 is 2.56 bits per heavy atom. The Morgan fingerprint density at radius 2 is 1.89 bits per heavy atom. The van der Waals surface area contributed by atoms with E-state index in [0.717, 1.165) is 11.4 Å². The number of hydrogen-bond donors (Lipinski definition) is 2. The molecule has 2 aliphatic heterocycles. The number of hydrogen-bond acceptors (Lipinski definition) is 4. The van der Waals surface area contributed by atoms with Crippen molar-refractivity contribution in [3.05, 3.63) is 29.3 Å². The predicted molar refractivity (Wildman–Crippen MR) is 106 cm³/mol. The first kappa shape index (κ1) is 21.5. The third-order valence-corrected chi connectivity index (χ3v) is 5.36. The highest BCUT2D eigenvalue weighted by Gasteiger charge is 2.39. The van der Waals surface area contributed by atoms with E-state index in [-0.39, 0.29) is 42.7 Å². The molecule has 3 rings (SSSR count). The lowest BCUT2D eigenvalue weighted by molar-refractivity contribution is -0.135. The van der Waals surface area contributed by atoms with E-state index in [1.165, 1.54) is 0 Å². The van der Waals surface area contributed by atoms with Gasteiger partial charge in [0.2, 0.25) is 5.91 Å². The molecule has 0 aliphatic carbocycles. The standard InChI is InChI=1S/C18H23ClN4O3.ClH/c1-11-12(2)22(10-9-20-11)16(24)8-7-15-17(25)23(18(26)21-15)14-5-3-13(19)4-6-14;/h3-6,11-12,15,20H,7-10H2,1-2H3,(H,21,26);1H. The number of carbonyl (C=O) groups excluding carboxylic acids is 3. The predicted octanol–water partition coefficient (Wildman–Crippen LogP) is 2.18. The molecule has 9 heteroatoms. The average Bonchev–Trinajstić information content (AvgIpc) is 2.90. The molecule has 0 aromatic heterocycles. The quantitative estimate of drug-likeness (QED) is 0.739. The fraction of sp³-hybridized carbons (Fsp3) is 0.500. The SMILES string of the molecule is CC1NCCN(C(=O)CCC2NC(=O)N(c3ccc(Cl)cc3)C2=O)C1C.Cl. The molecule has 4 amide bonds. The minimum atomic E-state index is -0.683. The Balaban J connectivity index is 0.00000261. The molecular formula is C18H24Cl2N4O3. The van der Waals surface area contributed by atoms with Gasteiger partial charge in [0.15, 0.2) is 0 Å². The van der Waals surface area contributed by atoms with Gasteiger partial charge in [-0.2, -0.15) is 0 Å². The Kier molecular flexibility index (Phi) is 7.08. The zero-order chi connectivity index (χ0) is 18.8. The van der Waals surface area contributed by atoms with Crippen LogP contribution in [0.25, 0.3) is 0 Å². The smallest absolute Gasteiger partial charge is 0.329 e. The summed E-state index contributed by atoms with van der Waals surface area (Å²) < 4.78 is 0. The molecule has 3 atom stereocenters. The first-order valence-electron chi connectivity index (χ1n) is 8.81. The molecule has 2 saturated heterocycles. The number of nitrogens with one attached hydrogen (secondary N) is 2. The molecule has 0 saturated carbocycles. The Labute approximate surface area is 169 Å². The number of carbonyl (C=O) groups is 3. The molecule has 0 spiro atoms. The van der Waals surface area contributed by atoms with Gasteiger partial charge in [0.05, 0.1) is 5.69 Å². The van der Waals surface area contributed by atoms with Crippen LogP contribution in [0.4, 0.5) is 10.5 Å². The maximum absolute atomic E-state index is 12.6. The van der Waals surface area contributed by atoms with Gasteiger partial charge in [-0.15, -0.1) is 12.4 Å². The maximum atomic E-state index is 12.6. The van der Waals surface area contributed by atoms with E-state index in [9.17, 15) is 14.4 Å². The number of urea groups is 1. The van der Waals surface area contributed by atoms with E-state index in [1.807, 2.05) is 11.8 Å². The van der Waals surface area contributed by atoms with Gasteiger partial charge in [-0.05, 0) is 44.5 Å². The Hall–Kier alpha value is -1.83. The minimum Gasteiger partial charge on any atom is -0.337 e. The number of anilines is 1. The van der Waals surface area contributed by atoms with Gasteiger partial charge in [-0.25, -0.2) is 9.69 Å². The molecule has 3 unspecified atom stereocenters. The van der Waals surface area contributed by atoms with Gasteiger partial charge in [0.25, 0.3) is 5.91 Å². The summed E-state index contributed by atoms with van der Waals surface area (Å²) in [7, 11) is 0. The van der Waals surface area contributed by atoms with Crippen LogP contribution in [0.15, 0.2) is 24.3 Å². The van der Waals surface area contributed by atoms with Crippen LogP contribution < -0.4 is 15.5 Å². The van der Waals surface area contributed by atoms with Crippen LogP contribution >= 0.6 is 24.0 Å². The number of piperazine rings is 1. The number of rotatable bonds is 4. The van der Waals surface area contributed by atoms with E-state index < -0.39 is 12.1 Å². The molecular weight excluding hydrogens is 391 g/mol. The normalized spacial score (nSPS) is 25.2. The monoisotopic (exact) mass is 414 g/mol. The van der Waals surface area contributed by atoms with Crippen molar-refractivity contribution in [3.63, 3.8) is 0 Å². The topological polar surface area (TPSA) is 81.8 Å². The summed E-state index contributed by atoms with van der Waals surface area (Å²) >= 11 is 5.85. The summed E-state index contributed by atoms with van der Waals surface area (Å²) in [5.41, 5.74) is 0.468. The van der Waals surface area contributed by atoms with Crippen LogP contribution in [-0.4, -0.2) is 54.0 Å². The number of benzene rings is 1. The van der Waals surface area contributed by atoms with Crippen molar-refractivity contribution < 1.29 is 14.4 Å². The van der Waals surface area contributed by atoms with E-state index >= 15 is 0 Å². The van der Waals surface area contributed by atoms with Gasteiger partial charge in [0, 0.05) is 36.6 Å². The van der Waals surface area contributed by atoms with Crippen molar-refractivity contribution in [3.8, 4) is 0 Å². The third kappa shape index (κ3) is 4.54. The van der Waals surface area contributed by atoms with Gasteiger partial charge >= 0.3 is 6.03 Å². The van der Waals surface area contributed by atoms with Gasteiger partial charge < -0.3 is 15.5 Å². The molecule has 2 heterocycles. The zero-order valence-electron chi connectivity index (χ0n) is 15.3. The highest BCUT2D eigenvalue weighted by Crippen LogP contribution is 2.23. The second-order valence-corrected chi connectivity index (χ2v) is 7.20. The van der Waals surface area contributed by atoms with Crippen molar-refractivity contribution in [1.29, 1.82) is 0 Å². The molecule has 148 valence electrons. The van der Waals surface area contributed by atoms with Crippen LogP contribution in [0, 0.1) is 0 Å². The molecule has 2 aliphatic rings. The molecule has 1 aromatic rings. The van der Waals surface area contributed by atoms with E-state index in [1.54, 1.807) is 24.3 Å². The van der Waals surface area contributed by atoms with E-state index in [2.05, 4.69) is 17.6 Å². The van der Waals surface area contributed by atoms with Crippen LogP contribution in [-0.2, 0) is 9.59 Å². The third-order valence-electron chi connectivity index (χ3n) is 5.11. The van der Waals surface area contributed by atoms with Crippen molar-refractivity contribution >= 4 is 47.5 Å². The lowest BCUT2D eigenvalue weighted by Gasteiger charge is -2.38. The average molecular weight is 415 g/mol. The zero-order valence-corrected chi connectivity index (χ0v) is 16.8. The summed E-state index contributed by atoms with van der Waals surface area (Å²) in [6, 6.07) is 5.69. The molecule has 7 nitrogen and oxygen atoms in total.